The normalized spacial score (nSPS) is 13.8. The molecule has 0 aliphatic carbocycles. The van der Waals surface area contributed by atoms with Crippen molar-refractivity contribution in [1.29, 1.82) is 0 Å². The molecule has 0 radical (unpaired) electrons. The number of rotatable bonds is 4. The first-order valence-electron chi connectivity index (χ1n) is 5.79. The van der Waals surface area contributed by atoms with E-state index in [2.05, 4.69) is 5.32 Å². The molecule has 19 heavy (non-hydrogen) atoms. The third kappa shape index (κ3) is 2.97. The summed E-state index contributed by atoms with van der Waals surface area (Å²) in [6.07, 6.45) is 0. The van der Waals surface area contributed by atoms with E-state index in [1.165, 1.54) is 11.3 Å². The Morgan fingerprint density at radius 3 is 2.58 bits per heavy atom. The van der Waals surface area contributed by atoms with E-state index >= 15 is 0 Å². The van der Waals surface area contributed by atoms with Crippen molar-refractivity contribution in [2.45, 2.75) is 12.5 Å². The van der Waals surface area contributed by atoms with Crippen LogP contribution in [0.25, 0.3) is 0 Å². The van der Waals surface area contributed by atoms with Crippen LogP contribution in [0.4, 0.5) is 0 Å². The highest BCUT2D eigenvalue weighted by molar-refractivity contribution is 7.12. The molecule has 1 unspecified atom stereocenters. The van der Waals surface area contributed by atoms with E-state index in [0.717, 1.165) is 5.56 Å². The quantitative estimate of drug-likeness (QED) is 0.911. The van der Waals surface area contributed by atoms with Gasteiger partial charge in [-0.25, -0.2) is 0 Å². The zero-order valence-corrected chi connectivity index (χ0v) is 12.0. The summed E-state index contributed by atoms with van der Waals surface area (Å²) in [6.45, 7) is 1.59. The van der Waals surface area contributed by atoms with E-state index in [4.69, 9.17) is 11.6 Å². The molecule has 0 saturated heterocycles. The molecule has 0 bridgehead atoms. The number of aliphatic hydroxyl groups excluding tert-OH is 1. The Bertz CT molecular complexity index is 570. The van der Waals surface area contributed by atoms with Gasteiger partial charge in [-0.05, 0) is 23.9 Å². The first kappa shape index (κ1) is 14.1. The van der Waals surface area contributed by atoms with Gasteiger partial charge < -0.3 is 10.4 Å². The van der Waals surface area contributed by atoms with Gasteiger partial charge in [0, 0.05) is 0 Å². The number of thiophene rings is 1. The van der Waals surface area contributed by atoms with E-state index in [0.29, 0.717) is 9.90 Å². The van der Waals surface area contributed by atoms with Gasteiger partial charge in [-0.15, -0.1) is 11.3 Å². The summed E-state index contributed by atoms with van der Waals surface area (Å²) in [4.78, 5) is 12.6. The van der Waals surface area contributed by atoms with E-state index in [-0.39, 0.29) is 12.5 Å². The lowest BCUT2D eigenvalue weighted by atomic mass is 9.93. The molecule has 1 amide bonds. The van der Waals surface area contributed by atoms with Gasteiger partial charge in [0.15, 0.2) is 0 Å². The van der Waals surface area contributed by atoms with Crippen LogP contribution in [0, 0.1) is 0 Å². The molecular formula is C14H14ClNO2S. The van der Waals surface area contributed by atoms with Crippen LogP contribution in [0.2, 0.25) is 5.02 Å². The molecule has 2 N–H and O–H groups in total. The molecule has 1 heterocycles. The molecule has 100 valence electrons. The lowest BCUT2D eigenvalue weighted by molar-refractivity contribution is 0.0854. The molecular weight excluding hydrogens is 282 g/mol. The minimum Gasteiger partial charge on any atom is -0.394 e. The molecule has 1 aromatic carbocycles. The molecule has 0 saturated carbocycles. The second-order valence-electron chi connectivity index (χ2n) is 4.41. The summed E-state index contributed by atoms with van der Waals surface area (Å²) in [7, 11) is 0. The summed E-state index contributed by atoms with van der Waals surface area (Å²) in [5.41, 5.74) is 0.0181. The number of carbonyl (C=O) groups excluding carboxylic acids is 1. The highest BCUT2D eigenvalue weighted by Gasteiger charge is 2.29. The van der Waals surface area contributed by atoms with Crippen molar-refractivity contribution in [2.75, 3.05) is 6.61 Å². The van der Waals surface area contributed by atoms with Crippen molar-refractivity contribution in [2.24, 2.45) is 0 Å². The van der Waals surface area contributed by atoms with Crippen molar-refractivity contribution in [3.05, 3.63) is 57.2 Å². The Kier molecular flexibility index (Phi) is 4.24. The summed E-state index contributed by atoms with van der Waals surface area (Å²) in [6, 6.07) is 11.0. The molecule has 3 nitrogen and oxygen atoms in total. The molecule has 2 aromatic rings. The van der Waals surface area contributed by atoms with Crippen LogP contribution >= 0.6 is 22.9 Å². The van der Waals surface area contributed by atoms with Gasteiger partial charge in [-0.3, -0.25) is 4.79 Å². The molecule has 0 spiro atoms. The SMILES string of the molecule is CC(CO)(NC(=O)c1sccc1Cl)c1ccccc1. The van der Waals surface area contributed by atoms with Gasteiger partial charge in [0.05, 0.1) is 17.2 Å². The number of amides is 1. The van der Waals surface area contributed by atoms with Crippen molar-refractivity contribution in [1.82, 2.24) is 5.32 Å². The second-order valence-corrected chi connectivity index (χ2v) is 5.73. The average Bonchev–Trinajstić information content (AvgIpc) is 2.86. The first-order valence-corrected chi connectivity index (χ1v) is 7.04. The molecule has 5 heteroatoms. The van der Waals surface area contributed by atoms with Gasteiger partial charge in [0.25, 0.3) is 5.91 Å². The Balaban J connectivity index is 2.25. The third-order valence-electron chi connectivity index (χ3n) is 2.94. The first-order chi connectivity index (χ1) is 9.07. The lowest BCUT2D eigenvalue weighted by Crippen LogP contribution is -2.46. The standard InChI is InChI=1S/C14H14ClNO2S/c1-14(9-17,10-5-3-2-4-6-10)16-13(18)12-11(15)7-8-19-12/h2-8,17H,9H2,1H3,(H,16,18). The second kappa shape index (κ2) is 5.74. The van der Waals surface area contributed by atoms with Crippen molar-refractivity contribution in [3.63, 3.8) is 0 Å². The number of halogens is 1. The molecule has 2 rings (SSSR count). The number of hydrogen-bond acceptors (Lipinski definition) is 3. The topological polar surface area (TPSA) is 49.3 Å². The summed E-state index contributed by atoms with van der Waals surface area (Å²) >= 11 is 7.22. The fraction of sp³-hybridized carbons (Fsp3) is 0.214. The minimum absolute atomic E-state index is 0.189. The van der Waals surface area contributed by atoms with Crippen LogP contribution in [0.15, 0.2) is 41.8 Å². The van der Waals surface area contributed by atoms with Gasteiger partial charge in [0.2, 0.25) is 0 Å². The van der Waals surface area contributed by atoms with Crippen LogP contribution in [-0.4, -0.2) is 17.6 Å². The van der Waals surface area contributed by atoms with Crippen LogP contribution in [0.3, 0.4) is 0 Å². The fourth-order valence-corrected chi connectivity index (χ4v) is 2.81. The van der Waals surface area contributed by atoms with Crippen molar-refractivity contribution < 1.29 is 9.90 Å². The summed E-state index contributed by atoms with van der Waals surface area (Å²) < 4.78 is 0. The fourth-order valence-electron chi connectivity index (χ4n) is 1.77. The van der Waals surface area contributed by atoms with E-state index in [9.17, 15) is 9.90 Å². The smallest absolute Gasteiger partial charge is 0.263 e. The maximum atomic E-state index is 12.2. The Hall–Kier alpha value is -1.36. The molecule has 1 atom stereocenters. The van der Waals surface area contributed by atoms with E-state index in [1.807, 2.05) is 30.3 Å². The van der Waals surface area contributed by atoms with Crippen molar-refractivity contribution in [3.8, 4) is 0 Å². The number of benzene rings is 1. The predicted octanol–water partition coefficient (Wildman–Crippen LogP) is 3.04. The minimum atomic E-state index is -0.828. The van der Waals surface area contributed by atoms with Gasteiger partial charge in [-0.1, -0.05) is 41.9 Å². The Morgan fingerprint density at radius 1 is 1.37 bits per heavy atom. The monoisotopic (exact) mass is 295 g/mol. The van der Waals surface area contributed by atoms with Crippen LogP contribution in [0.1, 0.15) is 22.2 Å². The number of nitrogens with one attached hydrogen (secondary N) is 1. The largest absolute Gasteiger partial charge is 0.394 e. The zero-order valence-electron chi connectivity index (χ0n) is 10.4. The van der Waals surface area contributed by atoms with E-state index in [1.54, 1.807) is 18.4 Å². The van der Waals surface area contributed by atoms with Gasteiger partial charge in [0.1, 0.15) is 4.88 Å². The lowest BCUT2D eigenvalue weighted by Gasteiger charge is -2.29. The highest BCUT2D eigenvalue weighted by atomic mass is 35.5. The Morgan fingerprint density at radius 2 is 2.05 bits per heavy atom. The molecule has 0 aliphatic heterocycles. The number of hydrogen-bond donors (Lipinski definition) is 2. The average molecular weight is 296 g/mol. The van der Waals surface area contributed by atoms with E-state index < -0.39 is 5.54 Å². The maximum absolute atomic E-state index is 12.2. The van der Waals surface area contributed by atoms with Crippen LogP contribution < -0.4 is 5.32 Å². The Labute approximate surface area is 120 Å². The molecule has 0 fully saturated rings. The summed E-state index contributed by atoms with van der Waals surface area (Å²) in [5.74, 6) is -0.277. The number of aliphatic hydroxyl groups is 1. The zero-order chi connectivity index (χ0) is 13.9. The molecule has 1 aromatic heterocycles. The summed E-state index contributed by atoms with van der Waals surface area (Å²) in [5, 5.41) is 14.6. The van der Waals surface area contributed by atoms with Crippen LogP contribution in [-0.2, 0) is 5.54 Å². The predicted molar refractivity (Wildman–Crippen MR) is 77.7 cm³/mol. The third-order valence-corrected chi connectivity index (χ3v) is 4.28. The number of carbonyl (C=O) groups is 1. The van der Waals surface area contributed by atoms with Gasteiger partial charge >= 0.3 is 0 Å². The van der Waals surface area contributed by atoms with Gasteiger partial charge in [-0.2, -0.15) is 0 Å². The van der Waals surface area contributed by atoms with Crippen molar-refractivity contribution >= 4 is 28.8 Å². The highest BCUT2D eigenvalue weighted by Crippen LogP contribution is 2.25. The maximum Gasteiger partial charge on any atom is 0.263 e. The van der Waals surface area contributed by atoms with Crippen LogP contribution in [0.5, 0.6) is 0 Å². The molecule has 0 aliphatic rings.